The first-order chi connectivity index (χ1) is 11.8. The van der Waals surface area contributed by atoms with E-state index in [0.29, 0.717) is 6.54 Å². The van der Waals surface area contributed by atoms with Crippen LogP contribution in [0.3, 0.4) is 0 Å². The van der Waals surface area contributed by atoms with Crippen molar-refractivity contribution in [3.63, 3.8) is 0 Å². The van der Waals surface area contributed by atoms with Gasteiger partial charge >= 0.3 is 0 Å². The Morgan fingerprint density at radius 2 is 1.92 bits per heavy atom. The third-order valence-electron chi connectivity index (χ3n) is 3.89. The molecule has 0 aliphatic carbocycles. The van der Waals surface area contributed by atoms with Gasteiger partial charge in [-0.15, -0.1) is 11.3 Å². The number of hydrogen-bond donors (Lipinski definition) is 1. The highest BCUT2D eigenvalue weighted by Crippen LogP contribution is 2.25. The Morgan fingerprint density at radius 3 is 2.62 bits per heavy atom. The number of thiophene rings is 1. The molecule has 0 spiro atoms. The number of benzene rings is 1. The summed E-state index contributed by atoms with van der Waals surface area (Å²) >= 11 is 1.62. The van der Waals surface area contributed by atoms with E-state index in [2.05, 4.69) is 15.3 Å². The van der Waals surface area contributed by atoms with Gasteiger partial charge in [0.15, 0.2) is 0 Å². The average Bonchev–Trinajstić information content (AvgIpc) is 3.16. The summed E-state index contributed by atoms with van der Waals surface area (Å²) in [4.78, 5) is 22.5. The Bertz CT molecular complexity index is 787. The molecule has 122 valence electrons. The van der Waals surface area contributed by atoms with E-state index in [0.717, 1.165) is 28.2 Å². The van der Waals surface area contributed by atoms with Gasteiger partial charge in [0.25, 0.3) is 0 Å². The van der Waals surface area contributed by atoms with Gasteiger partial charge in [0.1, 0.15) is 5.69 Å². The summed E-state index contributed by atoms with van der Waals surface area (Å²) in [5, 5.41) is 5.02. The van der Waals surface area contributed by atoms with Gasteiger partial charge in [-0.25, -0.2) is 0 Å². The number of carbonyl (C=O) groups excluding carboxylic acids is 1. The highest BCUT2D eigenvalue weighted by Gasteiger charge is 2.19. The molecule has 1 amide bonds. The van der Waals surface area contributed by atoms with Gasteiger partial charge in [0, 0.05) is 12.4 Å². The van der Waals surface area contributed by atoms with E-state index in [9.17, 15) is 4.79 Å². The first-order valence-corrected chi connectivity index (χ1v) is 8.84. The quantitative estimate of drug-likeness (QED) is 0.739. The highest BCUT2D eigenvalue weighted by molar-refractivity contribution is 7.13. The number of aromatic nitrogens is 2. The van der Waals surface area contributed by atoms with Gasteiger partial charge in [-0.3, -0.25) is 14.8 Å². The van der Waals surface area contributed by atoms with Gasteiger partial charge in [-0.1, -0.05) is 43.3 Å². The predicted molar refractivity (Wildman–Crippen MR) is 96.7 cm³/mol. The smallest absolute Gasteiger partial charge is 0.227 e. The Balaban J connectivity index is 1.73. The zero-order valence-corrected chi connectivity index (χ0v) is 14.3. The molecule has 1 atom stereocenters. The third-order valence-corrected chi connectivity index (χ3v) is 4.76. The lowest BCUT2D eigenvalue weighted by atomic mass is 9.95. The van der Waals surface area contributed by atoms with E-state index in [4.69, 9.17) is 0 Å². The molecule has 0 aliphatic rings. The maximum Gasteiger partial charge on any atom is 0.227 e. The fraction of sp³-hybridized carbons (Fsp3) is 0.211. The van der Waals surface area contributed by atoms with Crippen LogP contribution in [0.2, 0.25) is 0 Å². The van der Waals surface area contributed by atoms with Crippen molar-refractivity contribution in [1.29, 1.82) is 0 Å². The van der Waals surface area contributed by atoms with E-state index >= 15 is 0 Å². The van der Waals surface area contributed by atoms with E-state index in [1.165, 1.54) is 0 Å². The SMILES string of the molecule is CCC(C(=O)NCc1nccnc1-c1cccs1)c1ccccc1. The van der Waals surface area contributed by atoms with Crippen molar-refractivity contribution in [2.75, 3.05) is 0 Å². The van der Waals surface area contributed by atoms with Crippen LogP contribution in [0.5, 0.6) is 0 Å². The van der Waals surface area contributed by atoms with Gasteiger partial charge in [0.05, 0.1) is 23.0 Å². The molecule has 5 heteroatoms. The molecule has 0 radical (unpaired) electrons. The van der Waals surface area contributed by atoms with Crippen LogP contribution in [-0.4, -0.2) is 15.9 Å². The third kappa shape index (κ3) is 3.68. The van der Waals surface area contributed by atoms with Crippen LogP contribution >= 0.6 is 11.3 Å². The molecule has 0 saturated heterocycles. The van der Waals surface area contributed by atoms with Crippen molar-refractivity contribution in [1.82, 2.24) is 15.3 Å². The van der Waals surface area contributed by atoms with Crippen LogP contribution in [0.1, 0.15) is 30.5 Å². The molecule has 0 fully saturated rings. The summed E-state index contributed by atoms with van der Waals surface area (Å²) < 4.78 is 0. The molecule has 1 aromatic carbocycles. The summed E-state index contributed by atoms with van der Waals surface area (Å²) in [6.07, 6.45) is 4.10. The molecule has 1 unspecified atom stereocenters. The van der Waals surface area contributed by atoms with Crippen LogP contribution in [0.4, 0.5) is 0 Å². The van der Waals surface area contributed by atoms with Crippen molar-refractivity contribution in [3.05, 3.63) is 71.5 Å². The molecule has 2 aromatic heterocycles. The lowest BCUT2D eigenvalue weighted by molar-refractivity contribution is -0.122. The van der Waals surface area contributed by atoms with Crippen LogP contribution in [-0.2, 0) is 11.3 Å². The summed E-state index contributed by atoms with van der Waals surface area (Å²) in [6, 6.07) is 13.9. The minimum Gasteiger partial charge on any atom is -0.350 e. The first kappa shape index (κ1) is 16.3. The van der Waals surface area contributed by atoms with Crippen LogP contribution in [0, 0.1) is 0 Å². The largest absolute Gasteiger partial charge is 0.350 e. The van der Waals surface area contributed by atoms with Gasteiger partial charge in [-0.05, 0) is 23.4 Å². The normalized spacial score (nSPS) is 11.9. The Kier molecular flexibility index (Phi) is 5.33. The summed E-state index contributed by atoms with van der Waals surface area (Å²) in [5.74, 6) is -0.125. The number of hydrogen-bond acceptors (Lipinski definition) is 4. The van der Waals surface area contributed by atoms with E-state index < -0.39 is 0 Å². The first-order valence-electron chi connectivity index (χ1n) is 7.96. The van der Waals surface area contributed by atoms with Crippen molar-refractivity contribution in [2.24, 2.45) is 0 Å². The summed E-state index contributed by atoms with van der Waals surface area (Å²) in [6.45, 7) is 2.40. The van der Waals surface area contributed by atoms with Crippen molar-refractivity contribution in [2.45, 2.75) is 25.8 Å². The second kappa shape index (κ2) is 7.84. The molecule has 0 saturated carbocycles. The number of amides is 1. The van der Waals surface area contributed by atoms with E-state index in [1.54, 1.807) is 23.7 Å². The number of rotatable bonds is 6. The highest BCUT2D eigenvalue weighted by atomic mass is 32.1. The Morgan fingerprint density at radius 1 is 1.12 bits per heavy atom. The Hall–Kier alpha value is -2.53. The van der Waals surface area contributed by atoms with Crippen molar-refractivity contribution >= 4 is 17.2 Å². The second-order valence-electron chi connectivity index (χ2n) is 5.42. The summed E-state index contributed by atoms with van der Waals surface area (Å²) in [7, 11) is 0. The van der Waals surface area contributed by atoms with Gasteiger partial charge in [-0.2, -0.15) is 0 Å². The second-order valence-corrected chi connectivity index (χ2v) is 6.37. The monoisotopic (exact) mass is 337 g/mol. The van der Waals surface area contributed by atoms with Crippen LogP contribution < -0.4 is 5.32 Å². The fourth-order valence-electron chi connectivity index (χ4n) is 2.67. The summed E-state index contributed by atoms with van der Waals surface area (Å²) in [5.41, 5.74) is 2.66. The average molecular weight is 337 g/mol. The van der Waals surface area contributed by atoms with Crippen LogP contribution in [0.15, 0.2) is 60.2 Å². The molecular weight excluding hydrogens is 318 g/mol. The number of nitrogens with one attached hydrogen (secondary N) is 1. The standard InChI is InChI=1S/C19H19N3OS/c1-2-15(14-7-4-3-5-8-14)19(23)22-13-16-18(21-11-10-20-16)17-9-6-12-24-17/h3-12,15H,2,13H2,1H3,(H,22,23). The fourth-order valence-corrected chi connectivity index (χ4v) is 3.41. The zero-order chi connectivity index (χ0) is 16.8. The number of nitrogens with zero attached hydrogens (tertiary/aromatic N) is 2. The van der Waals surface area contributed by atoms with Crippen LogP contribution in [0.25, 0.3) is 10.6 Å². The molecule has 24 heavy (non-hydrogen) atoms. The minimum absolute atomic E-state index is 0.0199. The molecule has 2 heterocycles. The predicted octanol–water partition coefficient (Wildman–Crippen LogP) is 4.02. The molecular formula is C19H19N3OS. The van der Waals surface area contributed by atoms with Gasteiger partial charge in [0.2, 0.25) is 5.91 Å². The molecule has 4 nitrogen and oxygen atoms in total. The molecule has 1 N–H and O–H groups in total. The van der Waals surface area contributed by atoms with Crippen molar-refractivity contribution in [3.8, 4) is 10.6 Å². The minimum atomic E-state index is -0.145. The zero-order valence-electron chi connectivity index (χ0n) is 13.5. The lowest BCUT2D eigenvalue weighted by Gasteiger charge is -2.15. The molecule has 3 aromatic rings. The van der Waals surface area contributed by atoms with E-state index in [-0.39, 0.29) is 11.8 Å². The van der Waals surface area contributed by atoms with E-state index in [1.807, 2.05) is 54.8 Å². The topological polar surface area (TPSA) is 54.9 Å². The number of carbonyl (C=O) groups is 1. The molecule has 0 bridgehead atoms. The lowest BCUT2D eigenvalue weighted by Crippen LogP contribution is -2.29. The van der Waals surface area contributed by atoms with Crippen molar-refractivity contribution < 1.29 is 4.79 Å². The Labute approximate surface area is 145 Å². The van der Waals surface area contributed by atoms with Gasteiger partial charge < -0.3 is 5.32 Å². The maximum absolute atomic E-state index is 12.6. The maximum atomic E-state index is 12.6. The molecule has 0 aliphatic heterocycles. The molecule has 3 rings (SSSR count).